The number of fused-ring (bicyclic) bond motifs is 1. The lowest BCUT2D eigenvalue weighted by Crippen LogP contribution is -2.38. The maximum absolute atomic E-state index is 13.1. The molecule has 1 aromatic heterocycles. The van der Waals surface area contributed by atoms with Crippen molar-refractivity contribution in [1.29, 1.82) is 0 Å². The van der Waals surface area contributed by atoms with E-state index in [2.05, 4.69) is 15.5 Å². The highest BCUT2D eigenvalue weighted by Crippen LogP contribution is 2.20. The first-order valence-electron chi connectivity index (χ1n) is 8.79. The van der Waals surface area contributed by atoms with Crippen LogP contribution in [0.2, 0.25) is 0 Å². The Bertz CT molecular complexity index is 976. The number of rotatable bonds is 6. The van der Waals surface area contributed by atoms with Gasteiger partial charge in [-0.2, -0.15) is 5.10 Å². The minimum absolute atomic E-state index is 0.119. The van der Waals surface area contributed by atoms with Gasteiger partial charge in [-0.15, -0.1) is 0 Å². The number of hydrogen-bond donors (Lipinski definition) is 2. The van der Waals surface area contributed by atoms with Crippen molar-refractivity contribution in [3.05, 3.63) is 65.9 Å². The zero-order valence-corrected chi connectivity index (χ0v) is 15.4. The molecule has 27 heavy (non-hydrogen) atoms. The van der Waals surface area contributed by atoms with Crippen LogP contribution in [0.1, 0.15) is 19.5 Å². The molecule has 2 amide bonds. The number of aromatic amines is 1. The molecule has 0 saturated carbocycles. The molecule has 0 bridgehead atoms. The molecule has 6 heteroatoms. The van der Waals surface area contributed by atoms with Gasteiger partial charge in [0.1, 0.15) is 0 Å². The molecular formula is C21H22N4O2. The second-order valence-corrected chi connectivity index (χ2v) is 6.26. The molecular weight excluding hydrogens is 340 g/mol. The Morgan fingerprint density at radius 1 is 1.07 bits per heavy atom. The summed E-state index contributed by atoms with van der Waals surface area (Å²) in [6.07, 6.45) is 1.81. The fourth-order valence-electron chi connectivity index (χ4n) is 2.88. The van der Waals surface area contributed by atoms with Gasteiger partial charge in [0, 0.05) is 36.7 Å². The van der Waals surface area contributed by atoms with Crippen LogP contribution in [0, 0.1) is 0 Å². The van der Waals surface area contributed by atoms with Crippen molar-refractivity contribution in [2.24, 2.45) is 0 Å². The minimum Gasteiger partial charge on any atom is -0.355 e. The highest BCUT2D eigenvalue weighted by molar-refractivity contribution is 6.08. The maximum Gasteiger partial charge on any atom is 0.254 e. The number of H-pyrrole nitrogens is 1. The number of carbonyl (C=O) groups excluding carboxylic acids is 2. The van der Waals surface area contributed by atoms with Crippen molar-refractivity contribution in [3.63, 3.8) is 0 Å². The van der Waals surface area contributed by atoms with E-state index in [9.17, 15) is 9.59 Å². The lowest BCUT2D eigenvalue weighted by molar-refractivity contribution is -0.119. The molecule has 0 atom stereocenters. The van der Waals surface area contributed by atoms with Gasteiger partial charge in [0.25, 0.3) is 5.91 Å². The van der Waals surface area contributed by atoms with Crippen molar-refractivity contribution < 1.29 is 9.59 Å². The van der Waals surface area contributed by atoms with Gasteiger partial charge in [-0.1, -0.05) is 36.4 Å². The van der Waals surface area contributed by atoms with Gasteiger partial charge in [-0.05, 0) is 31.2 Å². The molecule has 0 unspecified atom stereocenters. The molecule has 0 aliphatic rings. The summed E-state index contributed by atoms with van der Waals surface area (Å²) in [4.78, 5) is 25.9. The average Bonchev–Trinajstić information content (AvgIpc) is 3.08. The van der Waals surface area contributed by atoms with E-state index >= 15 is 0 Å². The topological polar surface area (TPSA) is 78.1 Å². The van der Waals surface area contributed by atoms with Crippen LogP contribution in [0.5, 0.6) is 0 Å². The first-order valence-corrected chi connectivity index (χ1v) is 8.79. The van der Waals surface area contributed by atoms with Crippen molar-refractivity contribution in [2.75, 3.05) is 18.0 Å². The number of nitrogens with zero attached hydrogens (tertiary/aromatic N) is 2. The van der Waals surface area contributed by atoms with E-state index in [1.54, 1.807) is 11.8 Å². The maximum atomic E-state index is 13.1. The molecule has 0 saturated heterocycles. The predicted octanol–water partition coefficient (Wildman–Crippen LogP) is 3.14. The fraction of sp³-hybridized carbons (Fsp3) is 0.190. The molecule has 6 nitrogen and oxygen atoms in total. The zero-order chi connectivity index (χ0) is 19.2. The number of carbonyl (C=O) groups is 2. The number of benzene rings is 2. The first kappa shape index (κ1) is 18.4. The van der Waals surface area contributed by atoms with Crippen molar-refractivity contribution in [2.45, 2.75) is 13.8 Å². The smallest absolute Gasteiger partial charge is 0.254 e. The van der Waals surface area contributed by atoms with Gasteiger partial charge in [0.05, 0.1) is 11.2 Å². The Labute approximate surface area is 157 Å². The van der Waals surface area contributed by atoms with Crippen LogP contribution in [0.3, 0.4) is 0 Å². The molecule has 1 heterocycles. The monoisotopic (exact) mass is 362 g/mol. The number of anilines is 1. The van der Waals surface area contributed by atoms with Crippen LogP contribution >= 0.6 is 0 Å². The van der Waals surface area contributed by atoms with E-state index in [0.29, 0.717) is 18.7 Å². The Kier molecular flexibility index (Phi) is 5.66. The Hall–Kier alpha value is -3.41. The summed E-state index contributed by atoms with van der Waals surface area (Å²) in [5.41, 5.74) is 3.02. The number of amides is 2. The molecule has 0 fully saturated rings. The Morgan fingerprint density at radius 2 is 1.78 bits per heavy atom. The molecule has 138 valence electrons. The summed E-state index contributed by atoms with van der Waals surface area (Å²) in [5, 5.41) is 11.0. The Balaban J connectivity index is 1.86. The zero-order valence-electron chi connectivity index (χ0n) is 15.4. The van der Waals surface area contributed by atoms with Crippen LogP contribution in [0.25, 0.3) is 17.0 Å². The van der Waals surface area contributed by atoms with Gasteiger partial charge in [0.15, 0.2) is 0 Å². The summed E-state index contributed by atoms with van der Waals surface area (Å²) in [6.45, 7) is 4.02. The van der Waals surface area contributed by atoms with Gasteiger partial charge in [-0.25, -0.2) is 0 Å². The quantitative estimate of drug-likeness (QED) is 0.661. The normalized spacial score (nSPS) is 11.4. The molecule has 2 aromatic carbocycles. The standard InChI is InChI=1S/C21H22N4O2/c1-15(14-20-18-10-6-7-11-19(18)23-24-20)21(27)25(13-12-22-16(2)26)17-8-4-3-5-9-17/h3-11,14H,12-13H2,1-2H3,(H,22,26)(H,23,24). The second kappa shape index (κ2) is 8.31. The number of aromatic nitrogens is 2. The summed E-state index contributed by atoms with van der Waals surface area (Å²) in [6, 6.07) is 17.2. The number of para-hydroxylation sites is 2. The minimum atomic E-state index is -0.120. The van der Waals surface area contributed by atoms with E-state index < -0.39 is 0 Å². The van der Waals surface area contributed by atoms with Gasteiger partial charge < -0.3 is 10.2 Å². The van der Waals surface area contributed by atoms with Crippen molar-refractivity contribution in [1.82, 2.24) is 15.5 Å². The average molecular weight is 362 g/mol. The third-order valence-electron chi connectivity index (χ3n) is 4.21. The third-order valence-corrected chi connectivity index (χ3v) is 4.21. The first-order chi connectivity index (χ1) is 13.1. The third kappa shape index (κ3) is 4.41. The van der Waals surface area contributed by atoms with E-state index in [1.807, 2.05) is 60.7 Å². The molecule has 2 N–H and O–H groups in total. The van der Waals surface area contributed by atoms with Crippen LogP contribution in [-0.4, -0.2) is 35.1 Å². The molecule has 0 aliphatic heterocycles. The van der Waals surface area contributed by atoms with Crippen LogP contribution in [0.15, 0.2) is 60.2 Å². The summed E-state index contributed by atoms with van der Waals surface area (Å²) in [5.74, 6) is -0.239. The number of nitrogens with one attached hydrogen (secondary N) is 2. The van der Waals surface area contributed by atoms with Crippen molar-refractivity contribution >= 4 is 34.5 Å². The molecule has 3 aromatic rings. The van der Waals surface area contributed by atoms with Crippen LogP contribution < -0.4 is 10.2 Å². The second-order valence-electron chi connectivity index (χ2n) is 6.26. The van der Waals surface area contributed by atoms with E-state index in [4.69, 9.17) is 0 Å². The van der Waals surface area contributed by atoms with E-state index in [-0.39, 0.29) is 11.8 Å². The molecule has 0 spiro atoms. The van der Waals surface area contributed by atoms with Gasteiger partial charge >= 0.3 is 0 Å². The lowest BCUT2D eigenvalue weighted by atomic mass is 10.1. The van der Waals surface area contributed by atoms with E-state index in [1.165, 1.54) is 6.92 Å². The predicted molar refractivity (Wildman–Crippen MR) is 107 cm³/mol. The molecule has 0 radical (unpaired) electrons. The van der Waals surface area contributed by atoms with Gasteiger partial charge in [0.2, 0.25) is 5.91 Å². The highest BCUT2D eigenvalue weighted by Gasteiger charge is 2.17. The van der Waals surface area contributed by atoms with Gasteiger partial charge in [-0.3, -0.25) is 14.7 Å². The number of hydrogen-bond acceptors (Lipinski definition) is 3. The summed E-state index contributed by atoms with van der Waals surface area (Å²) in [7, 11) is 0. The van der Waals surface area contributed by atoms with Crippen molar-refractivity contribution in [3.8, 4) is 0 Å². The summed E-state index contributed by atoms with van der Waals surface area (Å²) >= 11 is 0. The van der Waals surface area contributed by atoms with E-state index in [0.717, 1.165) is 22.3 Å². The van der Waals surface area contributed by atoms with Crippen LogP contribution in [-0.2, 0) is 9.59 Å². The SMILES string of the molecule is CC(=O)NCCN(C(=O)C(C)=Cc1[nH]nc2ccccc12)c1ccccc1. The highest BCUT2D eigenvalue weighted by atomic mass is 16.2. The largest absolute Gasteiger partial charge is 0.355 e. The summed E-state index contributed by atoms with van der Waals surface area (Å²) < 4.78 is 0. The lowest BCUT2D eigenvalue weighted by Gasteiger charge is -2.23. The van der Waals surface area contributed by atoms with Crippen LogP contribution in [0.4, 0.5) is 5.69 Å². The Morgan fingerprint density at radius 3 is 2.52 bits per heavy atom. The fourth-order valence-corrected chi connectivity index (χ4v) is 2.88. The molecule has 0 aliphatic carbocycles. The molecule has 3 rings (SSSR count).